The molecule has 0 aromatic heterocycles. The van der Waals surface area contributed by atoms with Crippen LogP contribution in [0.2, 0.25) is 0 Å². The number of hydrogen-bond acceptors (Lipinski definition) is 12. The Morgan fingerprint density at radius 3 is 2.40 bits per heavy atom. The molecule has 13 heteroatoms. The molecule has 1 amide bonds. The van der Waals surface area contributed by atoms with Crippen molar-refractivity contribution in [2.45, 2.75) is 127 Å². The summed E-state index contributed by atoms with van der Waals surface area (Å²) in [6.07, 6.45) is -2.37. The number of fused-ring (bicyclic) bond motifs is 1. The molecule has 1 N–H and O–H groups in total. The number of alkyl carbamates (subject to hydrolysis) is 1. The Hall–Kier alpha value is -3.36. The number of Topliss-reactive ketones (excluding diaryl/α,β-unsaturated/α-hetero) is 1. The van der Waals surface area contributed by atoms with Gasteiger partial charge in [-0.15, -0.1) is 6.58 Å². The summed E-state index contributed by atoms with van der Waals surface area (Å²) in [5, 5.41) is 2.94. The molecule has 13 nitrogen and oxygen atoms in total. The first-order valence-corrected chi connectivity index (χ1v) is 18.3. The van der Waals surface area contributed by atoms with Gasteiger partial charge in [-0.25, -0.2) is 9.59 Å². The molecule has 0 saturated carbocycles. The Morgan fingerprint density at radius 1 is 1.13 bits per heavy atom. The summed E-state index contributed by atoms with van der Waals surface area (Å²) in [6, 6.07) is 7.65. The van der Waals surface area contributed by atoms with Gasteiger partial charge in [0.25, 0.3) is 0 Å². The van der Waals surface area contributed by atoms with Crippen LogP contribution in [0.25, 0.3) is 0 Å². The van der Waals surface area contributed by atoms with E-state index in [1.165, 1.54) is 0 Å². The quantitative estimate of drug-likeness (QED) is 0.176. The second-order valence-electron chi connectivity index (χ2n) is 15.4. The number of methoxy groups -OCH3 is 1. The van der Waals surface area contributed by atoms with Crippen LogP contribution in [0.3, 0.4) is 0 Å². The number of ether oxygens (including phenoxy) is 6. The topological polar surface area (TPSA) is 142 Å². The van der Waals surface area contributed by atoms with Crippen molar-refractivity contribution >= 4 is 23.8 Å². The molecule has 52 heavy (non-hydrogen) atoms. The van der Waals surface area contributed by atoms with Gasteiger partial charge in [0.05, 0.1) is 35.5 Å². The smallest absolute Gasteiger partial charge is 0.408 e. The first kappa shape index (κ1) is 41.4. The number of esters is 2. The van der Waals surface area contributed by atoms with Crippen molar-refractivity contribution < 1.29 is 47.6 Å². The predicted octanol–water partition coefficient (Wildman–Crippen LogP) is 4.38. The second kappa shape index (κ2) is 17.2. The van der Waals surface area contributed by atoms with Gasteiger partial charge in [0.1, 0.15) is 18.3 Å². The maximum absolute atomic E-state index is 14.1. The lowest BCUT2D eigenvalue weighted by Crippen LogP contribution is -2.60. The maximum atomic E-state index is 14.1. The molecule has 3 aliphatic rings. The molecule has 1 aromatic rings. The zero-order valence-corrected chi connectivity index (χ0v) is 32.5. The zero-order chi connectivity index (χ0) is 38.5. The number of benzene rings is 1. The molecule has 3 fully saturated rings. The Bertz CT molecular complexity index is 1430. The minimum absolute atomic E-state index is 0.00510. The number of carbonyl (C=O) groups excluding carboxylic acids is 4. The second-order valence-corrected chi connectivity index (χ2v) is 15.4. The van der Waals surface area contributed by atoms with Crippen molar-refractivity contribution in [3.05, 3.63) is 48.6 Å². The number of cyclic esters (lactones) is 1. The molecule has 12 atom stereocenters. The average Bonchev–Trinajstić information content (AvgIpc) is 3.42. The van der Waals surface area contributed by atoms with Crippen LogP contribution in [0.5, 0.6) is 0 Å². The minimum Gasteiger partial charge on any atom is -0.458 e. The van der Waals surface area contributed by atoms with Crippen LogP contribution in [0.4, 0.5) is 4.79 Å². The molecule has 0 aliphatic carbocycles. The molecular formula is C39H59N3O10. The third-order valence-corrected chi connectivity index (χ3v) is 11.3. The van der Waals surface area contributed by atoms with Crippen LogP contribution >= 0.6 is 0 Å². The van der Waals surface area contributed by atoms with E-state index in [1.54, 1.807) is 51.3 Å². The Balaban J connectivity index is 1.74. The van der Waals surface area contributed by atoms with Gasteiger partial charge in [0.2, 0.25) is 0 Å². The summed E-state index contributed by atoms with van der Waals surface area (Å²) in [5.74, 6) is -2.60. The maximum Gasteiger partial charge on any atom is 0.408 e. The lowest BCUT2D eigenvalue weighted by molar-refractivity contribution is -0.291. The van der Waals surface area contributed by atoms with Crippen LogP contribution in [-0.2, 0) is 38.0 Å². The van der Waals surface area contributed by atoms with Gasteiger partial charge in [-0.2, -0.15) is 0 Å². The van der Waals surface area contributed by atoms with Gasteiger partial charge in [0, 0.05) is 25.6 Å². The van der Waals surface area contributed by atoms with Crippen LogP contribution in [0.1, 0.15) is 77.6 Å². The standard InChI is InChI=1S/C39H59N3O10/c1-12-27-19-28(41(8)9)32(50-35(45)26-17-15-14-16-18-26)36(48-27)51-34-24(4)29(43)20-31(44)49-30(13-2)39(7)33(40-37(46)52-39)25(5)42(10)22-23(3)21-38(34,6)47-11/h12,14-18,23-25,27-28,30,32-34,36H,1,13,19-22H2,2-11H3,(H,40,46)/t23-,24+,25-,27-,28?,30-,32-,33-,34-,36+,38-,39-/m1/s1. The van der Waals surface area contributed by atoms with E-state index >= 15 is 0 Å². The summed E-state index contributed by atoms with van der Waals surface area (Å²) in [5.41, 5.74) is -1.88. The molecule has 4 rings (SSSR count). The normalized spacial score (nSPS) is 38.2. The van der Waals surface area contributed by atoms with E-state index in [1.807, 2.05) is 52.9 Å². The lowest BCUT2D eigenvalue weighted by Gasteiger charge is -2.47. The van der Waals surface area contributed by atoms with E-state index in [-0.39, 0.29) is 18.0 Å². The molecule has 3 aliphatic heterocycles. The first-order chi connectivity index (χ1) is 24.5. The van der Waals surface area contributed by atoms with Crippen LogP contribution in [0.15, 0.2) is 43.0 Å². The minimum atomic E-state index is -1.17. The highest BCUT2D eigenvalue weighted by Gasteiger charge is 2.55. The summed E-state index contributed by atoms with van der Waals surface area (Å²) in [6.45, 7) is 15.8. The highest BCUT2D eigenvalue weighted by molar-refractivity contribution is 5.97. The van der Waals surface area contributed by atoms with Gasteiger partial charge in [-0.05, 0) is 79.2 Å². The van der Waals surface area contributed by atoms with Crippen molar-refractivity contribution in [2.24, 2.45) is 11.8 Å². The molecule has 1 aromatic carbocycles. The number of hydrogen-bond donors (Lipinski definition) is 1. The third kappa shape index (κ3) is 9.04. The van der Waals surface area contributed by atoms with E-state index in [2.05, 4.69) is 23.7 Å². The summed E-state index contributed by atoms with van der Waals surface area (Å²) in [7, 11) is 7.33. The number of amides is 1. The summed E-state index contributed by atoms with van der Waals surface area (Å²) in [4.78, 5) is 57.8. The van der Waals surface area contributed by atoms with Gasteiger partial charge in [-0.3, -0.25) is 9.59 Å². The van der Waals surface area contributed by atoms with Crippen LogP contribution in [0, 0.1) is 11.8 Å². The fourth-order valence-corrected chi connectivity index (χ4v) is 8.15. The number of nitrogens with zero attached hydrogens (tertiary/aromatic N) is 2. The van der Waals surface area contributed by atoms with Crippen molar-refractivity contribution in [3.63, 3.8) is 0 Å². The van der Waals surface area contributed by atoms with E-state index in [4.69, 9.17) is 28.4 Å². The van der Waals surface area contributed by atoms with E-state index in [0.717, 1.165) is 0 Å². The predicted molar refractivity (Wildman–Crippen MR) is 194 cm³/mol. The highest BCUT2D eigenvalue weighted by Crippen LogP contribution is 2.38. The van der Waals surface area contributed by atoms with Crippen molar-refractivity contribution in [3.8, 4) is 0 Å². The Morgan fingerprint density at radius 2 is 1.81 bits per heavy atom. The number of nitrogens with one attached hydrogen (secondary N) is 1. The fourth-order valence-electron chi connectivity index (χ4n) is 8.15. The molecule has 3 heterocycles. The molecule has 0 bridgehead atoms. The van der Waals surface area contributed by atoms with E-state index < -0.39 is 84.1 Å². The average molecular weight is 730 g/mol. The molecule has 1 unspecified atom stereocenters. The lowest BCUT2D eigenvalue weighted by atomic mass is 9.79. The molecule has 0 radical (unpaired) electrons. The third-order valence-electron chi connectivity index (χ3n) is 11.3. The van der Waals surface area contributed by atoms with Gasteiger partial charge < -0.3 is 43.5 Å². The van der Waals surface area contributed by atoms with Crippen molar-refractivity contribution in [1.82, 2.24) is 15.1 Å². The van der Waals surface area contributed by atoms with Gasteiger partial charge in [0.15, 0.2) is 18.0 Å². The van der Waals surface area contributed by atoms with Gasteiger partial charge >= 0.3 is 18.0 Å². The number of ketones is 1. The van der Waals surface area contributed by atoms with Gasteiger partial charge in [-0.1, -0.05) is 45.0 Å². The Labute approximate surface area is 308 Å². The van der Waals surface area contributed by atoms with Crippen molar-refractivity contribution in [2.75, 3.05) is 34.8 Å². The van der Waals surface area contributed by atoms with E-state index in [9.17, 15) is 19.2 Å². The summed E-state index contributed by atoms with van der Waals surface area (Å²) >= 11 is 0. The number of carbonyl (C=O) groups is 4. The highest BCUT2D eigenvalue weighted by atomic mass is 16.7. The Kier molecular flexibility index (Phi) is 13.7. The number of likely N-dealkylation sites (N-methyl/N-ethyl adjacent to an activating group) is 2. The first-order valence-electron chi connectivity index (χ1n) is 18.3. The molecule has 290 valence electrons. The summed E-state index contributed by atoms with van der Waals surface area (Å²) < 4.78 is 37.5. The van der Waals surface area contributed by atoms with Crippen LogP contribution in [-0.4, -0.2) is 128 Å². The monoisotopic (exact) mass is 729 g/mol. The van der Waals surface area contributed by atoms with Crippen molar-refractivity contribution in [1.29, 1.82) is 0 Å². The molecule has 0 spiro atoms. The fraction of sp³-hybridized carbons (Fsp3) is 0.692. The molecule has 3 saturated heterocycles. The number of rotatable bonds is 8. The van der Waals surface area contributed by atoms with Crippen LogP contribution < -0.4 is 5.32 Å². The zero-order valence-electron chi connectivity index (χ0n) is 32.5. The van der Waals surface area contributed by atoms with E-state index in [0.29, 0.717) is 31.4 Å². The largest absolute Gasteiger partial charge is 0.458 e. The SMILES string of the molecule is C=C[C@@H]1CC(N(C)C)[C@@H](OC(=O)c2ccccc2)[C@H](O[C@@H]2[C@@H](C)C(=O)CC(=O)O[C@H](CC)[C@@]3(C)OC(=O)N[C@@H]3[C@@H](C)N(C)C[C@H](C)C[C@@]2(C)OC)O1. The molecular weight excluding hydrogens is 670 g/mol.